The second-order valence-corrected chi connectivity index (χ2v) is 9.45. The van der Waals surface area contributed by atoms with Gasteiger partial charge in [-0.25, -0.2) is 0 Å². The van der Waals surface area contributed by atoms with Crippen LogP contribution in [-0.2, 0) is 11.2 Å². The Bertz CT molecular complexity index is 1480. The maximum absolute atomic E-state index is 12.8. The van der Waals surface area contributed by atoms with E-state index in [9.17, 15) is 10.1 Å². The molecule has 4 aromatic rings. The minimum absolute atomic E-state index is 0.0717. The van der Waals surface area contributed by atoms with Crippen molar-refractivity contribution in [1.29, 1.82) is 5.26 Å². The zero-order chi connectivity index (χ0) is 27.5. The van der Waals surface area contributed by atoms with Gasteiger partial charge in [-0.3, -0.25) is 10.1 Å². The quantitative estimate of drug-likeness (QED) is 0.137. The van der Waals surface area contributed by atoms with E-state index in [1.807, 2.05) is 74.5 Å². The topological polar surface area (TPSA) is 106 Å². The Kier molecular flexibility index (Phi) is 9.64. The fourth-order valence-electron chi connectivity index (χ4n) is 3.65. The standard InChI is InChI=1S/C30H28N4O4S/c1-3-36-27-18-23(13-14-26(27)38-16-15-37-25-12-8-7-9-21(25)2)17-24(20-31)29(35)32-30-34-33-28(39-30)19-22-10-5-4-6-11-22/h4-14,17-18H,3,15-16,19H2,1-2H3,(H,32,34,35)/b24-17-. The second kappa shape index (κ2) is 13.7. The van der Waals surface area contributed by atoms with Crippen LogP contribution in [0.1, 0.15) is 28.6 Å². The normalized spacial score (nSPS) is 10.9. The molecule has 8 nitrogen and oxygen atoms in total. The van der Waals surface area contributed by atoms with Crippen LogP contribution >= 0.6 is 11.3 Å². The Balaban J connectivity index is 1.38. The number of aryl methyl sites for hydroxylation is 1. The summed E-state index contributed by atoms with van der Waals surface area (Å²) >= 11 is 1.27. The number of aromatic nitrogens is 2. The average molecular weight is 541 g/mol. The molecular formula is C30H28N4O4S. The van der Waals surface area contributed by atoms with Crippen molar-refractivity contribution < 1.29 is 19.0 Å². The van der Waals surface area contributed by atoms with Crippen LogP contribution in [0.4, 0.5) is 5.13 Å². The molecule has 0 radical (unpaired) electrons. The van der Waals surface area contributed by atoms with Gasteiger partial charge in [-0.1, -0.05) is 65.9 Å². The number of anilines is 1. The largest absolute Gasteiger partial charge is 0.490 e. The Hall–Kier alpha value is -4.68. The molecule has 4 rings (SSSR count). The summed E-state index contributed by atoms with van der Waals surface area (Å²) in [5.41, 5.74) is 2.70. The van der Waals surface area contributed by atoms with Crippen molar-refractivity contribution in [2.45, 2.75) is 20.3 Å². The van der Waals surface area contributed by atoms with Gasteiger partial charge in [0.05, 0.1) is 6.61 Å². The first kappa shape index (κ1) is 27.4. The van der Waals surface area contributed by atoms with Crippen LogP contribution < -0.4 is 19.5 Å². The van der Waals surface area contributed by atoms with Crippen molar-refractivity contribution in [1.82, 2.24) is 10.2 Å². The molecule has 3 aromatic carbocycles. The summed E-state index contributed by atoms with van der Waals surface area (Å²) in [6.07, 6.45) is 2.11. The molecule has 0 aliphatic rings. The Morgan fingerprint density at radius 1 is 0.949 bits per heavy atom. The lowest BCUT2D eigenvalue weighted by atomic mass is 10.1. The molecule has 0 saturated carbocycles. The lowest BCUT2D eigenvalue weighted by Crippen LogP contribution is -2.13. The lowest BCUT2D eigenvalue weighted by molar-refractivity contribution is -0.112. The van der Waals surface area contributed by atoms with Crippen molar-refractivity contribution in [3.8, 4) is 23.3 Å². The highest BCUT2D eigenvalue weighted by molar-refractivity contribution is 7.15. The van der Waals surface area contributed by atoms with Crippen LogP contribution in [0, 0.1) is 18.3 Å². The second-order valence-electron chi connectivity index (χ2n) is 8.39. The van der Waals surface area contributed by atoms with Crippen molar-refractivity contribution >= 4 is 28.5 Å². The molecule has 39 heavy (non-hydrogen) atoms. The van der Waals surface area contributed by atoms with Crippen LogP contribution in [-0.4, -0.2) is 35.9 Å². The van der Waals surface area contributed by atoms with Gasteiger partial charge in [0.2, 0.25) is 5.13 Å². The minimum atomic E-state index is -0.563. The monoisotopic (exact) mass is 540 g/mol. The Morgan fingerprint density at radius 3 is 2.44 bits per heavy atom. The maximum atomic E-state index is 12.8. The molecule has 1 heterocycles. The summed E-state index contributed by atoms with van der Waals surface area (Å²) in [5, 5.41) is 21.6. The van der Waals surface area contributed by atoms with Crippen molar-refractivity contribution in [3.05, 3.63) is 100 Å². The number of amides is 1. The molecule has 198 valence electrons. The number of hydrogen-bond donors (Lipinski definition) is 1. The number of benzene rings is 3. The summed E-state index contributed by atoms with van der Waals surface area (Å²) in [4.78, 5) is 12.8. The first-order chi connectivity index (χ1) is 19.1. The van der Waals surface area contributed by atoms with E-state index in [0.717, 1.165) is 21.9 Å². The number of nitrogens with zero attached hydrogens (tertiary/aromatic N) is 3. The molecule has 0 aliphatic carbocycles. The van der Waals surface area contributed by atoms with E-state index in [1.165, 1.54) is 17.4 Å². The van der Waals surface area contributed by atoms with E-state index in [2.05, 4.69) is 15.5 Å². The van der Waals surface area contributed by atoms with Gasteiger partial charge >= 0.3 is 0 Å². The van der Waals surface area contributed by atoms with Gasteiger partial charge in [-0.05, 0) is 54.8 Å². The Labute approximate surface area is 231 Å². The molecule has 1 N–H and O–H groups in total. The van der Waals surface area contributed by atoms with E-state index in [0.29, 0.717) is 48.4 Å². The fraction of sp³-hybridized carbons (Fsp3) is 0.200. The first-order valence-electron chi connectivity index (χ1n) is 12.4. The zero-order valence-corrected chi connectivity index (χ0v) is 22.5. The minimum Gasteiger partial charge on any atom is -0.490 e. The maximum Gasteiger partial charge on any atom is 0.268 e. The summed E-state index contributed by atoms with van der Waals surface area (Å²) < 4.78 is 17.4. The summed E-state index contributed by atoms with van der Waals surface area (Å²) in [5.74, 6) is 1.31. The third kappa shape index (κ3) is 7.90. The van der Waals surface area contributed by atoms with Gasteiger partial charge in [-0.2, -0.15) is 5.26 Å². The molecule has 9 heteroatoms. The molecule has 1 amide bonds. The number of carbonyl (C=O) groups excluding carboxylic acids is 1. The third-order valence-corrected chi connectivity index (χ3v) is 6.36. The van der Waals surface area contributed by atoms with E-state index >= 15 is 0 Å². The highest BCUT2D eigenvalue weighted by atomic mass is 32.1. The fourth-order valence-corrected chi connectivity index (χ4v) is 4.42. The average Bonchev–Trinajstić information content (AvgIpc) is 3.38. The third-order valence-electron chi connectivity index (χ3n) is 5.52. The Morgan fingerprint density at radius 2 is 1.69 bits per heavy atom. The van der Waals surface area contributed by atoms with Crippen LogP contribution in [0.5, 0.6) is 17.2 Å². The molecule has 0 spiro atoms. The molecule has 0 saturated heterocycles. The van der Waals surface area contributed by atoms with E-state index in [4.69, 9.17) is 14.2 Å². The number of nitrogens with one attached hydrogen (secondary N) is 1. The van der Waals surface area contributed by atoms with Gasteiger partial charge in [0.25, 0.3) is 5.91 Å². The van der Waals surface area contributed by atoms with Gasteiger partial charge in [-0.15, -0.1) is 10.2 Å². The van der Waals surface area contributed by atoms with Crippen molar-refractivity contribution in [2.75, 3.05) is 25.1 Å². The van der Waals surface area contributed by atoms with Gasteiger partial charge in [0.1, 0.15) is 35.6 Å². The molecule has 0 atom stereocenters. The van der Waals surface area contributed by atoms with Gasteiger partial charge in [0, 0.05) is 6.42 Å². The van der Waals surface area contributed by atoms with Crippen LogP contribution in [0.25, 0.3) is 6.08 Å². The lowest BCUT2D eigenvalue weighted by Gasteiger charge is -2.14. The smallest absolute Gasteiger partial charge is 0.268 e. The van der Waals surface area contributed by atoms with Crippen LogP contribution in [0.15, 0.2) is 78.4 Å². The first-order valence-corrected chi connectivity index (χ1v) is 13.2. The molecule has 0 fully saturated rings. The zero-order valence-electron chi connectivity index (χ0n) is 21.7. The number of nitriles is 1. The highest BCUT2D eigenvalue weighted by Gasteiger charge is 2.14. The molecular weight excluding hydrogens is 512 g/mol. The van der Waals surface area contributed by atoms with E-state index in [1.54, 1.807) is 18.2 Å². The predicted octanol–water partition coefficient (Wildman–Crippen LogP) is 5.84. The number of carbonyl (C=O) groups is 1. The predicted molar refractivity (Wildman–Crippen MR) is 151 cm³/mol. The van der Waals surface area contributed by atoms with E-state index in [-0.39, 0.29) is 5.57 Å². The van der Waals surface area contributed by atoms with E-state index < -0.39 is 5.91 Å². The van der Waals surface area contributed by atoms with Gasteiger partial charge in [0.15, 0.2) is 11.5 Å². The molecule has 0 unspecified atom stereocenters. The van der Waals surface area contributed by atoms with Crippen molar-refractivity contribution in [3.63, 3.8) is 0 Å². The SMILES string of the molecule is CCOc1cc(/C=C(/C#N)C(=O)Nc2nnc(Cc3ccccc3)s2)ccc1OCCOc1ccccc1C. The van der Waals surface area contributed by atoms with Crippen LogP contribution in [0.3, 0.4) is 0 Å². The van der Waals surface area contributed by atoms with Crippen LogP contribution in [0.2, 0.25) is 0 Å². The summed E-state index contributed by atoms with van der Waals surface area (Å²) in [7, 11) is 0. The number of ether oxygens (including phenoxy) is 3. The molecule has 0 aliphatic heterocycles. The molecule has 0 bridgehead atoms. The van der Waals surface area contributed by atoms with Gasteiger partial charge < -0.3 is 14.2 Å². The molecule has 1 aromatic heterocycles. The number of hydrogen-bond acceptors (Lipinski definition) is 8. The highest BCUT2D eigenvalue weighted by Crippen LogP contribution is 2.30. The summed E-state index contributed by atoms with van der Waals surface area (Å²) in [6, 6.07) is 24.9. The van der Waals surface area contributed by atoms with Crippen molar-refractivity contribution in [2.24, 2.45) is 0 Å². The number of rotatable bonds is 12. The number of para-hydroxylation sites is 1. The summed E-state index contributed by atoms with van der Waals surface area (Å²) in [6.45, 7) is 4.98.